The fourth-order valence-corrected chi connectivity index (χ4v) is 2.75. The molecule has 0 unspecified atom stereocenters. The molecule has 1 heterocycles. The van der Waals surface area contributed by atoms with Crippen molar-refractivity contribution in [1.29, 1.82) is 0 Å². The molecule has 0 aliphatic heterocycles. The van der Waals surface area contributed by atoms with Crippen molar-refractivity contribution in [2.24, 2.45) is 7.05 Å². The minimum atomic E-state index is -0.102. The molecule has 0 saturated carbocycles. The number of hydrogen-bond donors (Lipinski definition) is 2. The molecule has 6 nitrogen and oxygen atoms in total. The van der Waals surface area contributed by atoms with E-state index in [4.69, 9.17) is 4.74 Å². The van der Waals surface area contributed by atoms with Gasteiger partial charge < -0.3 is 15.2 Å². The van der Waals surface area contributed by atoms with Crippen LogP contribution in [0.15, 0.2) is 48.5 Å². The highest BCUT2D eigenvalue weighted by molar-refractivity contribution is 5.89. The van der Waals surface area contributed by atoms with E-state index < -0.39 is 0 Å². The van der Waals surface area contributed by atoms with Gasteiger partial charge in [-0.1, -0.05) is 12.1 Å². The molecule has 0 spiro atoms. The van der Waals surface area contributed by atoms with E-state index in [1.807, 2.05) is 50.4 Å². The number of anilines is 1. The Labute approximate surface area is 152 Å². The second-order valence-electron chi connectivity index (χ2n) is 5.91. The molecule has 1 amide bonds. The summed E-state index contributed by atoms with van der Waals surface area (Å²) in [7, 11) is 1.87. The Bertz CT molecular complexity index is 930. The number of hydrogen-bond acceptors (Lipinski definition) is 4. The third-order valence-electron chi connectivity index (χ3n) is 3.94. The molecule has 3 rings (SSSR count). The molecule has 2 N–H and O–H groups in total. The topological polar surface area (TPSA) is 76.4 Å². The van der Waals surface area contributed by atoms with Crippen LogP contribution in [0.2, 0.25) is 0 Å². The number of aryl methyl sites for hydroxylation is 1. The van der Waals surface area contributed by atoms with Gasteiger partial charge in [0.25, 0.3) is 0 Å². The van der Waals surface area contributed by atoms with Gasteiger partial charge in [0.1, 0.15) is 0 Å². The van der Waals surface area contributed by atoms with Gasteiger partial charge in [-0.25, -0.2) is 0 Å². The van der Waals surface area contributed by atoms with Crippen molar-refractivity contribution in [1.82, 2.24) is 9.78 Å². The van der Waals surface area contributed by atoms with Crippen molar-refractivity contribution in [2.75, 3.05) is 11.9 Å². The first-order valence-corrected chi connectivity index (χ1v) is 8.36. The zero-order chi connectivity index (χ0) is 18.7. The summed E-state index contributed by atoms with van der Waals surface area (Å²) in [5, 5.41) is 17.2. The van der Waals surface area contributed by atoms with Crippen LogP contribution in [-0.4, -0.2) is 27.4 Å². The molecule has 0 saturated heterocycles. The molecule has 0 bridgehead atoms. The highest BCUT2D eigenvalue weighted by Gasteiger charge is 2.12. The second kappa shape index (κ2) is 7.31. The molecule has 6 heteroatoms. The first-order valence-electron chi connectivity index (χ1n) is 8.36. The Morgan fingerprint density at radius 2 is 1.85 bits per heavy atom. The van der Waals surface area contributed by atoms with Crippen LogP contribution < -0.4 is 10.1 Å². The van der Waals surface area contributed by atoms with Gasteiger partial charge in [-0.2, -0.15) is 5.10 Å². The number of carbonyl (C=O) groups excluding carboxylic acids is 1. The molecule has 3 aromatic rings. The minimum Gasteiger partial charge on any atom is -0.504 e. The van der Waals surface area contributed by atoms with Gasteiger partial charge in [-0.15, -0.1) is 0 Å². The highest BCUT2D eigenvalue weighted by Crippen LogP contribution is 2.33. The number of phenolic OH excluding ortho intramolecular Hbond substituents is 1. The van der Waals surface area contributed by atoms with Gasteiger partial charge in [0.2, 0.25) is 5.91 Å². The lowest BCUT2D eigenvalue weighted by molar-refractivity contribution is -0.114. The SMILES string of the molecule is CCOc1cc(-c2cc(-c3ccc(NC(C)=O)cc3)nn2C)ccc1O. The Morgan fingerprint density at radius 1 is 1.15 bits per heavy atom. The van der Waals surface area contributed by atoms with Gasteiger partial charge in [-0.3, -0.25) is 9.48 Å². The largest absolute Gasteiger partial charge is 0.504 e. The van der Waals surface area contributed by atoms with Gasteiger partial charge in [0, 0.05) is 30.8 Å². The Morgan fingerprint density at radius 3 is 2.50 bits per heavy atom. The fourth-order valence-electron chi connectivity index (χ4n) is 2.75. The maximum absolute atomic E-state index is 11.1. The second-order valence-corrected chi connectivity index (χ2v) is 5.91. The molecule has 0 aliphatic carbocycles. The van der Waals surface area contributed by atoms with Crippen LogP contribution in [0.25, 0.3) is 22.5 Å². The zero-order valence-corrected chi connectivity index (χ0v) is 15.0. The molecular formula is C20H21N3O3. The number of rotatable bonds is 5. The van der Waals surface area contributed by atoms with E-state index in [0.717, 1.165) is 28.2 Å². The minimum absolute atomic E-state index is 0.102. The van der Waals surface area contributed by atoms with E-state index in [1.54, 1.807) is 16.8 Å². The van der Waals surface area contributed by atoms with Gasteiger partial charge in [0.05, 0.1) is 18.0 Å². The van der Waals surface area contributed by atoms with Gasteiger partial charge in [-0.05, 0) is 43.3 Å². The van der Waals surface area contributed by atoms with E-state index >= 15 is 0 Å². The molecule has 0 atom stereocenters. The van der Waals surface area contributed by atoms with E-state index in [9.17, 15) is 9.90 Å². The predicted octanol–water partition coefficient (Wildman–Crippen LogP) is 3.82. The van der Waals surface area contributed by atoms with E-state index in [1.165, 1.54) is 6.92 Å². The average Bonchev–Trinajstić information content (AvgIpc) is 2.99. The number of amides is 1. The fraction of sp³-hybridized carbons (Fsp3) is 0.200. The number of carbonyl (C=O) groups is 1. The van der Waals surface area contributed by atoms with Gasteiger partial charge >= 0.3 is 0 Å². The smallest absolute Gasteiger partial charge is 0.221 e. The summed E-state index contributed by atoms with van der Waals surface area (Å²) in [6.07, 6.45) is 0. The lowest BCUT2D eigenvalue weighted by atomic mass is 10.1. The van der Waals surface area contributed by atoms with Crippen molar-refractivity contribution in [3.63, 3.8) is 0 Å². The zero-order valence-electron chi connectivity index (χ0n) is 15.0. The van der Waals surface area contributed by atoms with Crippen molar-refractivity contribution in [3.05, 3.63) is 48.5 Å². The van der Waals surface area contributed by atoms with Crippen LogP contribution >= 0.6 is 0 Å². The molecule has 26 heavy (non-hydrogen) atoms. The van der Waals surface area contributed by atoms with Crippen molar-refractivity contribution >= 4 is 11.6 Å². The molecular weight excluding hydrogens is 330 g/mol. The third-order valence-corrected chi connectivity index (χ3v) is 3.94. The van der Waals surface area contributed by atoms with E-state index in [-0.39, 0.29) is 11.7 Å². The molecule has 134 valence electrons. The summed E-state index contributed by atoms with van der Waals surface area (Å²) in [5.74, 6) is 0.467. The summed E-state index contributed by atoms with van der Waals surface area (Å²) in [6, 6.07) is 14.8. The number of nitrogens with zero attached hydrogens (tertiary/aromatic N) is 2. The van der Waals surface area contributed by atoms with Crippen LogP contribution in [0.3, 0.4) is 0 Å². The third kappa shape index (κ3) is 3.69. The first kappa shape index (κ1) is 17.5. The molecule has 0 fully saturated rings. The van der Waals surface area contributed by atoms with Crippen molar-refractivity contribution in [3.8, 4) is 34.0 Å². The summed E-state index contributed by atoms with van der Waals surface area (Å²) in [4.78, 5) is 11.1. The van der Waals surface area contributed by atoms with Crippen LogP contribution in [0, 0.1) is 0 Å². The van der Waals surface area contributed by atoms with Crippen molar-refractivity contribution in [2.45, 2.75) is 13.8 Å². The number of aromatic nitrogens is 2. The molecule has 0 radical (unpaired) electrons. The molecule has 0 aliphatic rings. The highest BCUT2D eigenvalue weighted by atomic mass is 16.5. The summed E-state index contributed by atoms with van der Waals surface area (Å²) >= 11 is 0. The molecule has 1 aromatic heterocycles. The lowest BCUT2D eigenvalue weighted by Gasteiger charge is -2.08. The van der Waals surface area contributed by atoms with Crippen LogP contribution in [0.4, 0.5) is 5.69 Å². The summed E-state index contributed by atoms with van der Waals surface area (Å²) < 4.78 is 7.25. The summed E-state index contributed by atoms with van der Waals surface area (Å²) in [6.45, 7) is 3.83. The molecule has 2 aromatic carbocycles. The maximum atomic E-state index is 11.1. The predicted molar refractivity (Wildman–Crippen MR) is 101 cm³/mol. The number of ether oxygens (including phenoxy) is 1. The van der Waals surface area contributed by atoms with Crippen LogP contribution in [-0.2, 0) is 11.8 Å². The first-order chi connectivity index (χ1) is 12.5. The normalized spacial score (nSPS) is 10.6. The standard InChI is InChI=1S/C20H21N3O3/c1-4-26-20-11-15(7-10-19(20)25)18-12-17(22-23(18)3)14-5-8-16(9-6-14)21-13(2)24/h5-12,25H,4H2,1-3H3,(H,21,24). The number of benzene rings is 2. The average molecular weight is 351 g/mol. The number of aromatic hydroxyl groups is 1. The maximum Gasteiger partial charge on any atom is 0.221 e. The van der Waals surface area contributed by atoms with Crippen LogP contribution in [0.5, 0.6) is 11.5 Å². The number of phenols is 1. The Balaban J connectivity index is 1.92. The Kier molecular flexibility index (Phi) is 4.93. The van der Waals surface area contributed by atoms with Crippen LogP contribution in [0.1, 0.15) is 13.8 Å². The van der Waals surface area contributed by atoms with E-state index in [2.05, 4.69) is 10.4 Å². The van der Waals surface area contributed by atoms with Gasteiger partial charge in [0.15, 0.2) is 11.5 Å². The van der Waals surface area contributed by atoms with E-state index in [0.29, 0.717) is 12.4 Å². The number of nitrogens with one attached hydrogen (secondary N) is 1. The lowest BCUT2D eigenvalue weighted by Crippen LogP contribution is -2.05. The quantitative estimate of drug-likeness (QED) is 0.733. The Hall–Kier alpha value is -3.28. The summed E-state index contributed by atoms with van der Waals surface area (Å²) in [5.41, 5.74) is 4.33. The van der Waals surface area contributed by atoms with Crippen molar-refractivity contribution < 1.29 is 14.6 Å². The monoisotopic (exact) mass is 351 g/mol.